The van der Waals surface area contributed by atoms with Gasteiger partial charge in [0.25, 0.3) is 5.71 Å². The largest absolute Gasteiger partial charge is 0.417 e. The van der Waals surface area contributed by atoms with Crippen LogP contribution in [0.25, 0.3) is 22.7 Å². The second kappa shape index (κ2) is 5.27. The summed E-state index contributed by atoms with van der Waals surface area (Å²) in [6.45, 7) is 3.54. The van der Waals surface area contributed by atoms with Gasteiger partial charge >= 0.3 is 0 Å². The van der Waals surface area contributed by atoms with E-state index in [-0.39, 0.29) is 5.95 Å². The molecule has 0 atom stereocenters. The van der Waals surface area contributed by atoms with Crippen molar-refractivity contribution >= 4 is 23.0 Å². The minimum atomic E-state index is 0.205. The SMILES string of the molecule is Nc1nc(N2CCNCC2)c2nc(-c3ccccc3)oc2n1. The molecule has 1 aromatic carbocycles. The highest BCUT2D eigenvalue weighted by atomic mass is 16.4. The van der Waals surface area contributed by atoms with Gasteiger partial charge in [0, 0.05) is 31.7 Å². The number of benzene rings is 1. The molecule has 3 heterocycles. The monoisotopic (exact) mass is 296 g/mol. The maximum atomic E-state index is 5.83. The molecule has 0 radical (unpaired) electrons. The van der Waals surface area contributed by atoms with Crippen LogP contribution in [0.15, 0.2) is 34.7 Å². The molecule has 7 nitrogen and oxygen atoms in total. The van der Waals surface area contributed by atoms with Crippen LogP contribution in [0.5, 0.6) is 0 Å². The zero-order chi connectivity index (χ0) is 14.9. The summed E-state index contributed by atoms with van der Waals surface area (Å²) in [5.74, 6) is 1.48. The summed E-state index contributed by atoms with van der Waals surface area (Å²) in [6, 6.07) is 9.75. The molecule has 7 heteroatoms. The molecule has 0 amide bonds. The average molecular weight is 296 g/mol. The van der Waals surface area contributed by atoms with Gasteiger partial charge in [0.1, 0.15) is 0 Å². The number of piperazine rings is 1. The van der Waals surface area contributed by atoms with E-state index in [1.165, 1.54) is 0 Å². The molecule has 112 valence electrons. The topological polar surface area (TPSA) is 93.1 Å². The van der Waals surface area contributed by atoms with Crippen molar-refractivity contribution in [2.75, 3.05) is 36.8 Å². The quantitative estimate of drug-likeness (QED) is 0.735. The summed E-state index contributed by atoms with van der Waals surface area (Å²) < 4.78 is 5.78. The van der Waals surface area contributed by atoms with Crippen molar-refractivity contribution in [2.45, 2.75) is 0 Å². The Morgan fingerprint density at radius 2 is 1.82 bits per heavy atom. The van der Waals surface area contributed by atoms with E-state index >= 15 is 0 Å². The number of aromatic nitrogens is 3. The van der Waals surface area contributed by atoms with E-state index in [9.17, 15) is 0 Å². The molecule has 2 aromatic heterocycles. The molecule has 3 N–H and O–H groups in total. The van der Waals surface area contributed by atoms with Crippen molar-refractivity contribution in [2.24, 2.45) is 0 Å². The standard InChI is InChI=1S/C15H16N6O/c16-15-19-12(21-8-6-17-7-9-21)11-14(20-15)22-13(18-11)10-4-2-1-3-5-10/h1-5,17H,6-9H2,(H2,16,19,20). The predicted octanol–water partition coefficient (Wildman–Crippen LogP) is 1.28. The molecule has 1 aliphatic heterocycles. The zero-order valence-electron chi connectivity index (χ0n) is 12.0. The summed E-state index contributed by atoms with van der Waals surface area (Å²) in [4.78, 5) is 15.3. The molecule has 3 aromatic rings. The average Bonchev–Trinajstić information content (AvgIpc) is 2.99. The van der Waals surface area contributed by atoms with Gasteiger partial charge in [0.15, 0.2) is 11.3 Å². The van der Waals surface area contributed by atoms with Crippen LogP contribution in [0.3, 0.4) is 0 Å². The summed E-state index contributed by atoms with van der Waals surface area (Å²) in [5, 5.41) is 3.32. The lowest BCUT2D eigenvalue weighted by molar-refractivity contribution is 0.585. The van der Waals surface area contributed by atoms with Gasteiger partial charge in [-0.2, -0.15) is 9.97 Å². The second-order valence-electron chi connectivity index (χ2n) is 5.18. The molecular formula is C15H16N6O. The molecule has 0 unspecified atom stereocenters. The number of oxazole rings is 1. The zero-order valence-corrected chi connectivity index (χ0v) is 12.0. The van der Waals surface area contributed by atoms with Crippen molar-refractivity contribution in [3.05, 3.63) is 30.3 Å². The number of hydrogen-bond donors (Lipinski definition) is 2. The van der Waals surface area contributed by atoms with Crippen LogP contribution >= 0.6 is 0 Å². The van der Waals surface area contributed by atoms with Crippen LogP contribution in [-0.4, -0.2) is 41.1 Å². The van der Waals surface area contributed by atoms with E-state index in [4.69, 9.17) is 10.2 Å². The number of anilines is 2. The Labute approximate surface area is 127 Å². The summed E-state index contributed by atoms with van der Waals surface area (Å²) in [7, 11) is 0. The van der Waals surface area contributed by atoms with Crippen LogP contribution in [0.4, 0.5) is 11.8 Å². The lowest BCUT2D eigenvalue weighted by Crippen LogP contribution is -2.44. The molecule has 1 aliphatic rings. The lowest BCUT2D eigenvalue weighted by atomic mass is 10.2. The Kier molecular flexibility index (Phi) is 3.12. The molecule has 1 saturated heterocycles. The van der Waals surface area contributed by atoms with Crippen molar-refractivity contribution < 1.29 is 4.42 Å². The van der Waals surface area contributed by atoms with Crippen LogP contribution in [0.1, 0.15) is 0 Å². The maximum absolute atomic E-state index is 5.83. The van der Waals surface area contributed by atoms with Gasteiger partial charge in [-0.3, -0.25) is 0 Å². The first kappa shape index (κ1) is 13.0. The van der Waals surface area contributed by atoms with E-state index in [0.29, 0.717) is 17.1 Å². The first-order valence-electron chi connectivity index (χ1n) is 7.26. The normalized spacial score (nSPS) is 15.4. The Morgan fingerprint density at radius 3 is 2.59 bits per heavy atom. The molecule has 0 aliphatic carbocycles. The van der Waals surface area contributed by atoms with Crippen LogP contribution in [-0.2, 0) is 0 Å². The first-order chi connectivity index (χ1) is 10.8. The minimum Gasteiger partial charge on any atom is -0.417 e. The molecular weight excluding hydrogens is 280 g/mol. The third kappa shape index (κ3) is 2.25. The van der Waals surface area contributed by atoms with Crippen LogP contribution in [0.2, 0.25) is 0 Å². The Hall–Kier alpha value is -2.67. The first-order valence-corrected chi connectivity index (χ1v) is 7.26. The predicted molar refractivity (Wildman–Crippen MR) is 84.5 cm³/mol. The van der Waals surface area contributed by atoms with Gasteiger partial charge in [-0.15, -0.1) is 0 Å². The van der Waals surface area contributed by atoms with Crippen molar-refractivity contribution in [1.82, 2.24) is 20.3 Å². The second-order valence-corrected chi connectivity index (χ2v) is 5.18. The molecule has 22 heavy (non-hydrogen) atoms. The van der Waals surface area contributed by atoms with E-state index in [1.54, 1.807) is 0 Å². The van der Waals surface area contributed by atoms with E-state index < -0.39 is 0 Å². The van der Waals surface area contributed by atoms with Gasteiger partial charge in [0.2, 0.25) is 11.8 Å². The fourth-order valence-corrected chi connectivity index (χ4v) is 2.63. The highest BCUT2D eigenvalue weighted by molar-refractivity contribution is 5.85. The number of nitrogen functional groups attached to an aromatic ring is 1. The van der Waals surface area contributed by atoms with Crippen LogP contribution < -0.4 is 16.0 Å². The van der Waals surface area contributed by atoms with E-state index in [2.05, 4.69) is 25.2 Å². The van der Waals surface area contributed by atoms with Gasteiger partial charge in [-0.05, 0) is 12.1 Å². The molecule has 0 saturated carbocycles. The Morgan fingerprint density at radius 1 is 1.05 bits per heavy atom. The summed E-state index contributed by atoms with van der Waals surface area (Å²) in [6.07, 6.45) is 0. The van der Waals surface area contributed by atoms with Crippen LogP contribution in [0, 0.1) is 0 Å². The number of rotatable bonds is 2. The number of fused-ring (bicyclic) bond motifs is 1. The molecule has 0 spiro atoms. The third-order valence-electron chi connectivity index (χ3n) is 3.69. The summed E-state index contributed by atoms with van der Waals surface area (Å²) >= 11 is 0. The highest BCUT2D eigenvalue weighted by Crippen LogP contribution is 2.29. The van der Waals surface area contributed by atoms with Gasteiger partial charge in [-0.1, -0.05) is 18.2 Å². The lowest BCUT2D eigenvalue weighted by Gasteiger charge is -2.28. The number of nitrogens with two attached hydrogens (primary N) is 1. The summed E-state index contributed by atoms with van der Waals surface area (Å²) in [5.41, 5.74) is 7.83. The van der Waals surface area contributed by atoms with Gasteiger partial charge in [-0.25, -0.2) is 4.98 Å². The minimum absolute atomic E-state index is 0.205. The molecule has 1 fully saturated rings. The third-order valence-corrected chi connectivity index (χ3v) is 3.69. The fourth-order valence-electron chi connectivity index (χ4n) is 2.63. The van der Waals surface area contributed by atoms with Gasteiger partial charge in [0.05, 0.1) is 0 Å². The highest BCUT2D eigenvalue weighted by Gasteiger charge is 2.21. The Bertz CT molecular complexity index is 794. The number of nitrogens with zero attached hydrogens (tertiary/aromatic N) is 4. The van der Waals surface area contributed by atoms with Crippen molar-refractivity contribution in [1.29, 1.82) is 0 Å². The molecule has 0 bridgehead atoms. The Balaban J connectivity index is 1.84. The van der Waals surface area contributed by atoms with Crippen molar-refractivity contribution in [3.63, 3.8) is 0 Å². The number of hydrogen-bond acceptors (Lipinski definition) is 7. The fraction of sp³-hybridized carbons (Fsp3) is 0.267. The smallest absolute Gasteiger partial charge is 0.254 e. The van der Waals surface area contributed by atoms with Crippen molar-refractivity contribution in [3.8, 4) is 11.5 Å². The van der Waals surface area contributed by atoms with E-state index in [0.717, 1.165) is 37.6 Å². The molecule has 4 rings (SSSR count). The number of nitrogens with one attached hydrogen (secondary N) is 1. The maximum Gasteiger partial charge on any atom is 0.254 e. The van der Waals surface area contributed by atoms with Gasteiger partial charge < -0.3 is 20.4 Å². The van der Waals surface area contributed by atoms with E-state index in [1.807, 2.05) is 30.3 Å².